The third-order valence-corrected chi connectivity index (χ3v) is 4.51. The molecule has 0 spiro atoms. The van der Waals surface area contributed by atoms with E-state index >= 15 is 0 Å². The van der Waals surface area contributed by atoms with Crippen LogP contribution in [-0.2, 0) is 10.0 Å². The molecule has 0 aromatic heterocycles. The molecule has 0 radical (unpaired) electrons. The van der Waals surface area contributed by atoms with Crippen LogP contribution in [0.25, 0.3) is 0 Å². The molecule has 8 nitrogen and oxygen atoms in total. The van der Waals surface area contributed by atoms with Crippen molar-refractivity contribution in [1.29, 1.82) is 0 Å². The van der Waals surface area contributed by atoms with Crippen LogP contribution in [0.1, 0.15) is 10.4 Å². The highest BCUT2D eigenvalue weighted by Gasteiger charge is 2.33. The van der Waals surface area contributed by atoms with E-state index in [0.717, 1.165) is 0 Å². The van der Waals surface area contributed by atoms with Crippen molar-refractivity contribution in [3.8, 4) is 0 Å². The second-order valence-electron chi connectivity index (χ2n) is 4.46. The normalized spacial score (nSPS) is 12.2. The van der Waals surface area contributed by atoms with Gasteiger partial charge >= 0.3 is 0 Å². The molecule has 0 fully saturated rings. The number of hydrogen-bond donors (Lipinski definition) is 5. The molecule has 0 heterocycles. The summed E-state index contributed by atoms with van der Waals surface area (Å²) in [5.41, 5.74) is -1.47. The van der Waals surface area contributed by atoms with Gasteiger partial charge in [0.05, 0.1) is 24.7 Å². The number of benzene rings is 1. The van der Waals surface area contributed by atoms with E-state index in [2.05, 4.69) is 10.0 Å². The lowest BCUT2D eigenvalue weighted by Gasteiger charge is -2.28. The van der Waals surface area contributed by atoms with Gasteiger partial charge in [-0.1, -0.05) is 0 Å². The van der Waals surface area contributed by atoms with Gasteiger partial charge in [-0.2, -0.15) is 4.72 Å². The number of aliphatic hydroxyl groups is 3. The molecule has 0 aliphatic heterocycles. The average Bonchev–Trinajstić information content (AvgIpc) is 2.52. The third kappa shape index (κ3) is 3.99. The largest absolute Gasteiger partial charge is 0.394 e. The van der Waals surface area contributed by atoms with Gasteiger partial charge in [-0.15, -0.1) is 0 Å². The number of amides is 1. The second-order valence-corrected chi connectivity index (χ2v) is 6.15. The number of carbonyl (C=O) groups excluding carboxylic acids is 1. The van der Waals surface area contributed by atoms with Crippen molar-refractivity contribution in [2.45, 2.75) is 10.4 Å². The number of nitrogens with one attached hydrogen (secondary N) is 2. The number of hydrogen-bond acceptors (Lipinski definition) is 6. The quantitative estimate of drug-likeness (QED) is 0.396. The predicted molar refractivity (Wildman–Crippen MR) is 74.1 cm³/mol. The summed E-state index contributed by atoms with van der Waals surface area (Å²) in [6, 6.07) is 5.07. The summed E-state index contributed by atoms with van der Waals surface area (Å²) in [5.74, 6) is -0.359. The van der Waals surface area contributed by atoms with Crippen LogP contribution in [0.3, 0.4) is 0 Å². The van der Waals surface area contributed by atoms with Crippen molar-refractivity contribution in [2.24, 2.45) is 0 Å². The molecule has 1 aromatic rings. The topological polar surface area (TPSA) is 136 Å². The highest BCUT2D eigenvalue weighted by atomic mass is 32.2. The maximum absolute atomic E-state index is 12.1. The molecule has 0 atom stereocenters. The number of rotatable bonds is 7. The van der Waals surface area contributed by atoms with E-state index in [9.17, 15) is 13.2 Å². The van der Waals surface area contributed by atoms with E-state index in [4.69, 9.17) is 15.3 Å². The summed E-state index contributed by atoms with van der Waals surface area (Å²) in [6.07, 6.45) is 0. The van der Waals surface area contributed by atoms with Crippen LogP contribution in [0.5, 0.6) is 0 Å². The van der Waals surface area contributed by atoms with Crippen LogP contribution in [0.2, 0.25) is 0 Å². The summed E-state index contributed by atoms with van der Waals surface area (Å²) in [5, 5.41) is 29.8. The highest BCUT2D eigenvalue weighted by Crippen LogP contribution is 2.14. The molecule has 9 heteroatoms. The van der Waals surface area contributed by atoms with Crippen LogP contribution in [-0.4, -0.2) is 62.1 Å². The fourth-order valence-electron chi connectivity index (χ4n) is 1.52. The van der Waals surface area contributed by atoms with E-state index in [0.29, 0.717) is 0 Å². The van der Waals surface area contributed by atoms with Gasteiger partial charge in [0.25, 0.3) is 5.91 Å². The monoisotopic (exact) mass is 318 g/mol. The molecular weight excluding hydrogens is 300 g/mol. The Morgan fingerprint density at radius 3 is 1.95 bits per heavy atom. The minimum absolute atomic E-state index is 0.158. The number of carbonyl (C=O) groups is 1. The molecule has 0 saturated heterocycles. The van der Waals surface area contributed by atoms with E-state index in [1.54, 1.807) is 0 Å². The Labute approximate surface area is 122 Å². The molecule has 0 aliphatic carbocycles. The Kier molecular flexibility index (Phi) is 5.81. The van der Waals surface area contributed by atoms with Gasteiger partial charge < -0.3 is 20.6 Å². The number of aliphatic hydroxyl groups excluding tert-OH is 3. The van der Waals surface area contributed by atoms with E-state index in [1.807, 2.05) is 0 Å². The van der Waals surface area contributed by atoms with Crippen LogP contribution < -0.4 is 10.0 Å². The van der Waals surface area contributed by atoms with Crippen LogP contribution >= 0.6 is 0 Å². The smallest absolute Gasteiger partial charge is 0.251 e. The van der Waals surface area contributed by atoms with Gasteiger partial charge in [-0.05, 0) is 24.3 Å². The Morgan fingerprint density at radius 1 is 1.10 bits per heavy atom. The maximum atomic E-state index is 12.1. The molecule has 118 valence electrons. The molecular formula is C12H18N2O6S. The third-order valence-electron chi connectivity index (χ3n) is 2.91. The summed E-state index contributed by atoms with van der Waals surface area (Å²) in [7, 11) is -2.61. The van der Waals surface area contributed by atoms with Gasteiger partial charge in [-0.25, -0.2) is 8.42 Å². The lowest BCUT2D eigenvalue weighted by atomic mass is 10.1. The molecule has 0 bridgehead atoms. The Hall–Kier alpha value is -1.52. The van der Waals surface area contributed by atoms with Crippen LogP contribution in [0.4, 0.5) is 0 Å². The van der Waals surface area contributed by atoms with Crippen molar-refractivity contribution in [3.63, 3.8) is 0 Å². The SMILES string of the molecule is CNC(=O)c1ccc(S(=O)(=O)NC(CO)(CO)CO)cc1. The zero-order valence-corrected chi connectivity index (χ0v) is 12.2. The Balaban J connectivity index is 3.05. The molecule has 0 aliphatic rings. The zero-order chi connectivity index (χ0) is 16.1. The highest BCUT2D eigenvalue weighted by molar-refractivity contribution is 7.89. The van der Waals surface area contributed by atoms with Gasteiger partial charge in [-0.3, -0.25) is 4.79 Å². The number of sulfonamides is 1. The first-order chi connectivity index (χ1) is 9.84. The summed E-state index contributed by atoms with van der Waals surface area (Å²) in [4.78, 5) is 11.2. The minimum atomic E-state index is -4.07. The first-order valence-corrected chi connectivity index (χ1v) is 7.51. The summed E-state index contributed by atoms with van der Waals surface area (Å²) < 4.78 is 26.3. The van der Waals surface area contributed by atoms with Crippen molar-refractivity contribution in [2.75, 3.05) is 26.9 Å². The van der Waals surface area contributed by atoms with E-state index in [1.165, 1.54) is 31.3 Å². The predicted octanol–water partition coefficient (Wildman–Crippen LogP) is -1.96. The molecule has 1 rings (SSSR count). The van der Waals surface area contributed by atoms with Crippen molar-refractivity contribution in [1.82, 2.24) is 10.0 Å². The Bertz CT molecular complexity index is 572. The van der Waals surface area contributed by atoms with Crippen molar-refractivity contribution < 1.29 is 28.5 Å². The standard InChI is InChI=1S/C12H18N2O6S/c1-13-11(18)9-2-4-10(5-3-9)21(19,20)14-12(6-15,7-16)8-17/h2-5,14-17H,6-8H2,1H3,(H,13,18). The summed E-state index contributed by atoms with van der Waals surface area (Å²) >= 11 is 0. The zero-order valence-electron chi connectivity index (χ0n) is 11.4. The first kappa shape index (κ1) is 17.5. The molecule has 5 N–H and O–H groups in total. The van der Waals surface area contributed by atoms with Crippen molar-refractivity contribution in [3.05, 3.63) is 29.8 Å². The molecule has 0 unspecified atom stereocenters. The van der Waals surface area contributed by atoms with Crippen molar-refractivity contribution >= 4 is 15.9 Å². The minimum Gasteiger partial charge on any atom is -0.394 e. The van der Waals surface area contributed by atoms with E-state index < -0.39 is 35.4 Å². The fourth-order valence-corrected chi connectivity index (χ4v) is 2.90. The molecule has 1 amide bonds. The second kappa shape index (κ2) is 6.96. The first-order valence-electron chi connectivity index (χ1n) is 6.03. The van der Waals surface area contributed by atoms with Gasteiger partial charge in [0.15, 0.2) is 0 Å². The lowest BCUT2D eigenvalue weighted by molar-refractivity contribution is 0.0582. The van der Waals surface area contributed by atoms with E-state index in [-0.39, 0.29) is 16.4 Å². The Morgan fingerprint density at radius 2 is 1.57 bits per heavy atom. The summed E-state index contributed by atoms with van der Waals surface area (Å²) in [6.45, 7) is -2.30. The van der Waals surface area contributed by atoms with Gasteiger partial charge in [0.2, 0.25) is 10.0 Å². The molecule has 21 heavy (non-hydrogen) atoms. The van der Waals surface area contributed by atoms with Crippen LogP contribution in [0, 0.1) is 0 Å². The maximum Gasteiger partial charge on any atom is 0.251 e. The van der Waals surface area contributed by atoms with Crippen LogP contribution in [0.15, 0.2) is 29.2 Å². The molecule has 1 aromatic carbocycles. The lowest BCUT2D eigenvalue weighted by Crippen LogP contribution is -2.56. The van der Waals surface area contributed by atoms with Gasteiger partial charge in [0.1, 0.15) is 5.54 Å². The fraction of sp³-hybridized carbons (Fsp3) is 0.417. The average molecular weight is 318 g/mol. The van der Waals surface area contributed by atoms with Gasteiger partial charge in [0, 0.05) is 12.6 Å². The molecule has 0 saturated carbocycles.